The van der Waals surface area contributed by atoms with Crippen molar-refractivity contribution in [1.82, 2.24) is 10.6 Å². The highest BCUT2D eigenvalue weighted by Crippen LogP contribution is 2.05. The normalized spacial score (nSPS) is 10.9. The van der Waals surface area contributed by atoms with Crippen LogP contribution in [0.1, 0.15) is 40.5 Å². The van der Waals surface area contributed by atoms with E-state index in [1.54, 1.807) is 0 Å². The number of amides is 2. The van der Waals surface area contributed by atoms with Crippen LogP contribution in [0.15, 0.2) is 0 Å². The molecule has 0 heterocycles. The van der Waals surface area contributed by atoms with Crippen LogP contribution in [0.25, 0.3) is 0 Å². The number of hydrogen-bond donors (Lipinski definition) is 2. The topological polar surface area (TPSA) is 76.7 Å². The third-order valence-electron chi connectivity index (χ3n) is 1.96. The van der Waals surface area contributed by atoms with E-state index in [-0.39, 0.29) is 5.91 Å². The summed E-state index contributed by atoms with van der Waals surface area (Å²) in [6.07, 6.45) is 0.930. The predicted molar refractivity (Wildman–Crippen MR) is 73.0 cm³/mol. The molecule has 0 radical (unpaired) electrons. The van der Waals surface area contributed by atoms with E-state index in [0.29, 0.717) is 32.7 Å². The third kappa shape index (κ3) is 12.9. The Kier molecular flexibility index (Phi) is 8.95. The van der Waals surface area contributed by atoms with Gasteiger partial charge in [0.1, 0.15) is 5.60 Å². The van der Waals surface area contributed by atoms with Gasteiger partial charge in [-0.25, -0.2) is 4.79 Å². The van der Waals surface area contributed by atoms with Crippen molar-refractivity contribution in [3.8, 4) is 0 Å². The summed E-state index contributed by atoms with van der Waals surface area (Å²) >= 11 is 0. The van der Waals surface area contributed by atoms with Gasteiger partial charge in [0.2, 0.25) is 5.91 Å². The molecule has 0 saturated heterocycles. The number of nitrogens with one attached hydrogen (secondary N) is 2. The first kappa shape index (κ1) is 17.7. The Hall–Kier alpha value is -1.30. The van der Waals surface area contributed by atoms with Crippen molar-refractivity contribution in [2.24, 2.45) is 0 Å². The van der Waals surface area contributed by atoms with Gasteiger partial charge in [-0.3, -0.25) is 4.79 Å². The molecule has 0 fully saturated rings. The molecule has 2 N–H and O–H groups in total. The standard InChI is InChI=1S/C13H26N2O4/c1-5-6-11(16)14-7-9-18-10-8-15-12(17)19-13(2,3)4/h5-10H2,1-4H3,(H,14,16)(H,15,17). The summed E-state index contributed by atoms with van der Waals surface area (Å²) in [4.78, 5) is 22.4. The number of carbonyl (C=O) groups excluding carboxylic acids is 2. The summed E-state index contributed by atoms with van der Waals surface area (Å²) in [6, 6.07) is 0. The zero-order valence-electron chi connectivity index (χ0n) is 12.4. The van der Waals surface area contributed by atoms with E-state index >= 15 is 0 Å². The van der Waals surface area contributed by atoms with Gasteiger partial charge < -0.3 is 20.1 Å². The lowest BCUT2D eigenvalue weighted by molar-refractivity contribution is -0.121. The SMILES string of the molecule is CCCC(=O)NCCOCCNC(=O)OC(C)(C)C. The fourth-order valence-electron chi connectivity index (χ4n) is 1.22. The highest BCUT2D eigenvalue weighted by atomic mass is 16.6. The lowest BCUT2D eigenvalue weighted by Crippen LogP contribution is -2.34. The zero-order chi connectivity index (χ0) is 14.7. The smallest absolute Gasteiger partial charge is 0.407 e. The molecular formula is C13H26N2O4. The Bertz CT molecular complexity index is 274. The van der Waals surface area contributed by atoms with Gasteiger partial charge in [0.25, 0.3) is 0 Å². The maximum Gasteiger partial charge on any atom is 0.407 e. The molecule has 0 aliphatic heterocycles. The second kappa shape index (κ2) is 9.61. The maximum absolute atomic E-state index is 11.3. The van der Waals surface area contributed by atoms with Crippen molar-refractivity contribution in [2.45, 2.75) is 46.1 Å². The number of carbonyl (C=O) groups is 2. The average Bonchev–Trinajstić information content (AvgIpc) is 2.25. The van der Waals surface area contributed by atoms with Crippen LogP contribution < -0.4 is 10.6 Å². The molecule has 0 aromatic heterocycles. The van der Waals surface area contributed by atoms with Crippen molar-refractivity contribution >= 4 is 12.0 Å². The van der Waals surface area contributed by atoms with E-state index < -0.39 is 11.7 Å². The largest absolute Gasteiger partial charge is 0.444 e. The van der Waals surface area contributed by atoms with Crippen molar-refractivity contribution in [3.63, 3.8) is 0 Å². The van der Waals surface area contributed by atoms with E-state index in [4.69, 9.17) is 9.47 Å². The molecular weight excluding hydrogens is 248 g/mol. The lowest BCUT2D eigenvalue weighted by Gasteiger charge is -2.19. The molecule has 0 atom stereocenters. The highest BCUT2D eigenvalue weighted by Gasteiger charge is 2.15. The number of rotatable bonds is 8. The number of hydrogen-bond acceptors (Lipinski definition) is 4. The minimum absolute atomic E-state index is 0.0398. The summed E-state index contributed by atoms with van der Waals surface area (Å²) in [5, 5.41) is 5.32. The van der Waals surface area contributed by atoms with Crippen molar-refractivity contribution in [2.75, 3.05) is 26.3 Å². The molecule has 0 aromatic rings. The molecule has 0 unspecified atom stereocenters. The van der Waals surface area contributed by atoms with Gasteiger partial charge in [-0.2, -0.15) is 0 Å². The molecule has 0 bridgehead atoms. The minimum Gasteiger partial charge on any atom is -0.444 e. The molecule has 0 aromatic carbocycles. The van der Waals surface area contributed by atoms with Crippen LogP contribution in [0.2, 0.25) is 0 Å². The zero-order valence-corrected chi connectivity index (χ0v) is 12.4. The van der Waals surface area contributed by atoms with Crippen molar-refractivity contribution < 1.29 is 19.1 Å². The fraction of sp³-hybridized carbons (Fsp3) is 0.846. The molecule has 2 amide bonds. The molecule has 112 valence electrons. The van der Waals surface area contributed by atoms with Crippen LogP contribution in [0.5, 0.6) is 0 Å². The number of alkyl carbamates (subject to hydrolysis) is 1. The molecule has 19 heavy (non-hydrogen) atoms. The Morgan fingerprint density at radius 3 is 2.16 bits per heavy atom. The summed E-state index contributed by atoms with van der Waals surface area (Å²) in [7, 11) is 0. The van der Waals surface area contributed by atoms with Crippen LogP contribution in [0.3, 0.4) is 0 Å². The number of ether oxygens (including phenoxy) is 2. The van der Waals surface area contributed by atoms with Crippen LogP contribution in [-0.2, 0) is 14.3 Å². The Balaban J connectivity index is 3.36. The van der Waals surface area contributed by atoms with E-state index in [0.717, 1.165) is 6.42 Å². The molecule has 6 heteroatoms. The Morgan fingerprint density at radius 1 is 1.05 bits per heavy atom. The first-order valence-electron chi connectivity index (χ1n) is 6.66. The molecule has 0 saturated carbocycles. The van der Waals surface area contributed by atoms with Crippen LogP contribution >= 0.6 is 0 Å². The van der Waals surface area contributed by atoms with E-state index in [9.17, 15) is 9.59 Å². The maximum atomic E-state index is 11.3. The summed E-state index contributed by atoms with van der Waals surface area (Å²) in [5.74, 6) is 0.0398. The molecule has 0 spiro atoms. The molecule has 0 aliphatic carbocycles. The van der Waals surface area contributed by atoms with E-state index in [1.165, 1.54) is 0 Å². The van der Waals surface area contributed by atoms with Gasteiger partial charge in [-0.05, 0) is 27.2 Å². The Morgan fingerprint density at radius 2 is 1.63 bits per heavy atom. The fourth-order valence-corrected chi connectivity index (χ4v) is 1.22. The monoisotopic (exact) mass is 274 g/mol. The van der Waals surface area contributed by atoms with Crippen molar-refractivity contribution in [3.05, 3.63) is 0 Å². The third-order valence-corrected chi connectivity index (χ3v) is 1.96. The van der Waals surface area contributed by atoms with Gasteiger partial charge in [-0.15, -0.1) is 0 Å². The predicted octanol–water partition coefficient (Wildman–Crippen LogP) is 1.44. The van der Waals surface area contributed by atoms with Gasteiger partial charge in [0, 0.05) is 19.5 Å². The minimum atomic E-state index is -0.492. The van der Waals surface area contributed by atoms with Gasteiger partial charge in [-0.1, -0.05) is 6.92 Å². The van der Waals surface area contributed by atoms with E-state index in [2.05, 4.69) is 10.6 Å². The van der Waals surface area contributed by atoms with Gasteiger partial charge >= 0.3 is 6.09 Å². The lowest BCUT2D eigenvalue weighted by atomic mass is 10.2. The molecule has 6 nitrogen and oxygen atoms in total. The molecule has 0 rings (SSSR count). The average molecular weight is 274 g/mol. The van der Waals surface area contributed by atoms with Crippen LogP contribution in [-0.4, -0.2) is 43.9 Å². The van der Waals surface area contributed by atoms with Crippen LogP contribution in [0.4, 0.5) is 4.79 Å². The Labute approximate surface area is 115 Å². The van der Waals surface area contributed by atoms with Crippen LogP contribution in [0, 0.1) is 0 Å². The summed E-state index contributed by atoms with van der Waals surface area (Å²) < 4.78 is 10.3. The second-order valence-electron chi connectivity index (χ2n) is 5.14. The first-order valence-corrected chi connectivity index (χ1v) is 6.66. The quantitative estimate of drug-likeness (QED) is 0.657. The first-order chi connectivity index (χ1) is 8.85. The second-order valence-corrected chi connectivity index (χ2v) is 5.14. The van der Waals surface area contributed by atoms with Gasteiger partial charge in [0.15, 0.2) is 0 Å². The van der Waals surface area contributed by atoms with Crippen molar-refractivity contribution in [1.29, 1.82) is 0 Å². The van der Waals surface area contributed by atoms with Gasteiger partial charge in [0.05, 0.1) is 13.2 Å². The summed E-state index contributed by atoms with van der Waals surface area (Å²) in [5.41, 5.74) is -0.492. The highest BCUT2D eigenvalue weighted by molar-refractivity contribution is 5.75. The molecule has 0 aliphatic rings. The summed E-state index contributed by atoms with van der Waals surface area (Å²) in [6.45, 7) is 9.09. The van der Waals surface area contributed by atoms with E-state index in [1.807, 2.05) is 27.7 Å².